The first kappa shape index (κ1) is 17.9. The van der Waals surface area contributed by atoms with Gasteiger partial charge >= 0.3 is 0 Å². The van der Waals surface area contributed by atoms with Crippen LogP contribution in [0.3, 0.4) is 0 Å². The van der Waals surface area contributed by atoms with Crippen molar-refractivity contribution in [2.45, 2.75) is 26.3 Å². The largest absolute Gasteiger partial charge is 0.496 e. The van der Waals surface area contributed by atoms with Gasteiger partial charge in [-0.1, -0.05) is 6.92 Å². The second-order valence-electron chi connectivity index (χ2n) is 6.22. The number of methoxy groups -OCH3 is 3. The van der Waals surface area contributed by atoms with Gasteiger partial charge in [0, 0.05) is 31.3 Å². The van der Waals surface area contributed by atoms with E-state index in [0.29, 0.717) is 5.75 Å². The minimum absolute atomic E-state index is 0.690. The lowest BCUT2D eigenvalue weighted by molar-refractivity contribution is 0.193. The van der Waals surface area contributed by atoms with E-state index in [4.69, 9.17) is 14.2 Å². The first-order chi connectivity index (χ1) is 11.2. The highest BCUT2D eigenvalue weighted by molar-refractivity contribution is 5.50. The third kappa shape index (κ3) is 5.01. The molecular weight excluding hydrogens is 292 g/mol. The van der Waals surface area contributed by atoms with E-state index in [0.717, 1.165) is 42.6 Å². The van der Waals surface area contributed by atoms with Gasteiger partial charge in [-0.2, -0.15) is 0 Å². The summed E-state index contributed by atoms with van der Waals surface area (Å²) in [5, 5.41) is 3.51. The summed E-state index contributed by atoms with van der Waals surface area (Å²) in [5.41, 5.74) is 1.08. The molecule has 5 nitrogen and oxygen atoms in total. The molecule has 1 saturated heterocycles. The summed E-state index contributed by atoms with van der Waals surface area (Å²) in [5.74, 6) is 3.13. The fourth-order valence-corrected chi connectivity index (χ4v) is 2.98. The van der Waals surface area contributed by atoms with Crippen molar-refractivity contribution in [1.82, 2.24) is 10.2 Å². The molecule has 1 N–H and O–H groups in total. The number of nitrogens with one attached hydrogen (secondary N) is 1. The summed E-state index contributed by atoms with van der Waals surface area (Å²) >= 11 is 0. The second kappa shape index (κ2) is 8.99. The van der Waals surface area contributed by atoms with Crippen LogP contribution in [0.25, 0.3) is 0 Å². The first-order valence-electron chi connectivity index (χ1n) is 8.40. The molecule has 23 heavy (non-hydrogen) atoms. The molecule has 5 heteroatoms. The quantitative estimate of drug-likeness (QED) is 0.745. The van der Waals surface area contributed by atoms with E-state index in [1.54, 1.807) is 21.3 Å². The lowest BCUT2D eigenvalue weighted by Crippen LogP contribution is -2.37. The Balaban J connectivity index is 1.85. The Morgan fingerprint density at radius 3 is 2.22 bits per heavy atom. The molecular formula is C18H30N2O3. The monoisotopic (exact) mass is 322 g/mol. The topological polar surface area (TPSA) is 43.0 Å². The molecule has 0 aromatic heterocycles. The highest BCUT2D eigenvalue weighted by atomic mass is 16.5. The fraction of sp³-hybridized carbons (Fsp3) is 0.667. The molecule has 2 rings (SSSR count). The Kier molecular flexibility index (Phi) is 6.99. The van der Waals surface area contributed by atoms with Gasteiger partial charge in [0.05, 0.1) is 21.3 Å². The van der Waals surface area contributed by atoms with E-state index in [-0.39, 0.29) is 0 Å². The molecule has 0 aliphatic carbocycles. The molecule has 1 heterocycles. The van der Waals surface area contributed by atoms with Crippen LogP contribution in [-0.2, 0) is 6.54 Å². The predicted molar refractivity (Wildman–Crippen MR) is 92.6 cm³/mol. The minimum Gasteiger partial charge on any atom is -0.496 e. The molecule has 0 atom stereocenters. The van der Waals surface area contributed by atoms with Gasteiger partial charge in [0.2, 0.25) is 0 Å². The number of likely N-dealkylation sites (tertiary alicyclic amines) is 1. The third-order valence-electron chi connectivity index (χ3n) is 4.58. The number of piperidine rings is 1. The molecule has 130 valence electrons. The van der Waals surface area contributed by atoms with Crippen molar-refractivity contribution in [1.29, 1.82) is 0 Å². The van der Waals surface area contributed by atoms with Crippen LogP contribution < -0.4 is 19.5 Å². The molecule has 0 amide bonds. The van der Waals surface area contributed by atoms with Crippen molar-refractivity contribution in [3.8, 4) is 17.2 Å². The highest BCUT2D eigenvalue weighted by Crippen LogP contribution is 2.34. The zero-order valence-corrected chi connectivity index (χ0v) is 14.9. The maximum atomic E-state index is 5.46. The van der Waals surface area contributed by atoms with Gasteiger partial charge in [-0.25, -0.2) is 0 Å². The van der Waals surface area contributed by atoms with Gasteiger partial charge in [0.1, 0.15) is 5.75 Å². The SMILES string of the molecule is COc1cc(OC)c(OC)cc1CNCCN1CCC(C)CC1. The van der Waals surface area contributed by atoms with Crippen LogP contribution in [0.1, 0.15) is 25.3 Å². The number of nitrogens with zero attached hydrogens (tertiary/aromatic N) is 1. The van der Waals surface area contributed by atoms with Crippen molar-refractivity contribution in [2.75, 3.05) is 47.5 Å². The van der Waals surface area contributed by atoms with Crippen LogP contribution in [0.2, 0.25) is 0 Å². The molecule has 0 unspecified atom stereocenters. The Hall–Kier alpha value is -1.46. The van der Waals surface area contributed by atoms with Crippen molar-refractivity contribution < 1.29 is 14.2 Å². The molecule has 1 fully saturated rings. The summed E-state index contributed by atoms with van der Waals surface area (Å²) in [6, 6.07) is 3.86. The molecule has 1 aromatic carbocycles. The Bertz CT molecular complexity index is 485. The van der Waals surface area contributed by atoms with Gasteiger partial charge in [-0.3, -0.25) is 0 Å². The van der Waals surface area contributed by atoms with Crippen LogP contribution >= 0.6 is 0 Å². The number of hydrogen-bond acceptors (Lipinski definition) is 5. The van der Waals surface area contributed by atoms with E-state index in [2.05, 4.69) is 17.1 Å². The van der Waals surface area contributed by atoms with Crippen molar-refractivity contribution in [3.05, 3.63) is 17.7 Å². The predicted octanol–water partition coefficient (Wildman–Crippen LogP) is 2.53. The molecule has 0 saturated carbocycles. The van der Waals surface area contributed by atoms with Crippen LogP contribution in [0.5, 0.6) is 17.2 Å². The average Bonchev–Trinajstić information content (AvgIpc) is 2.59. The Morgan fingerprint density at radius 2 is 1.61 bits per heavy atom. The molecule has 1 aliphatic heterocycles. The zero-order chi connectivity index (χ0) is 16.7. The van der Waals surface area contributed by atoms with E-state index >= 15 is 0 Å². The van der Waals surface area contributed by atoms with Crippen molar-refractivity contribution >= 4 is 0 Å². The fourth-order valence-electron chi connectivity index (χ4n) is 2.98. The number of benzene rings is 1. The van der Waals surface area contributed by atoms with Gasteiger partial charge in [-0.15, -0.1) is 0 Å². The third-order valence-corrected chi connectivity index (χ3v) is 4.58. The van der Waals surface area contributed by atoms with E-state index in [1.807, 2.05) is 12.1 Å². The van der Waals surface area contributed by atoms with Gasteiger partial charge in [-0.05, 0) is 37.9 Å². The lowest BCUT2D eigenvalue weighted by Gasteiger charge is -2.30. The van der Waals surface area contributed by atoms with E-state index < -0.39 is 0 Å². The summed E-state index contributed by atoms with van der Waals surface area (Å²) in [7, 11) is 4.97. The Morgan fingerprint density at radius 1 is 1.00 bits per heavy atom. The maximum absolute atomic E-state index is 5.46. The summed E-state index contributed by atoms with van der Waals surface area (Å²) in [6.45, 7) is 7.63. The van der Waals surface area contributed by atoms with Crippen LogP contribution in [0, 0.1) is 5.92 Å². The van der Waals surface area contributed by atoms with Gasteiger partial charge < -0.3 is 24.4 Å². The van der Waals surface area contributed by atoms with Gasteiger partial charge in [0.15, 0.2) is 11.5 Å². The minimum atomic E-state index is 0.690. The highest BCUT2D eigenvalue weighted by Gasteiger charge is 2.15. The summed E-state index contributed by atoms with van der Waals surface area (Å²) in [6.07, 6.45) is 2.65. The lowest BCUT2D eigenvalue weighted by atomic mass is 9.99. The maximum Gasteiger partial charge on any atom is 0.164 e. The molecule has 0 spiro atoms. The average molecular weight is 322 g/mol. The van der Waals surface area contributed by atoms with E-state index in [9.17, 15) is 0 Å². The normalized spacial score (nSPS) is 16.3. The molecule has 0 bridgehead atoms. The van der Waals surface area contributed by atoms with Crippen LogP contribution in [0.4, 0.5) is 0 Å². The number of rotatable bonds is 8. The molecule has 0 radical (unpaired) electrons. The van der Waals surface area contributed by atoms with Crippen LogP contribution in [0.15, 0.2) is 12.1 Å². The van der Waals surface area contributed by atoms with E-state index in [1.165, 1.54) is 25.9 Å². The number of hydrogen-bond donors (Lipinski definition) is 1. The smallest absolute Gasteiger partial charge is 0.164 e. The second-order valence-corrected chi connectivity index (χ2v) is 6.22. The van der Waals surface area contributed by atoms with Crippen molar-refractivity contribution in [3.63, 3.8) is 0 Å². The zero-order valence-electron chi connectivity index (χ0n) is 14.9. The number of ether oxygens (including phenoxy) is 3. The van der Waals surface area contributed by atoms with Crippen LogP contribution in [-0.4, -0.2) is 52.4 Å². The summed E-state index contributed by atoms with van der Waals surface area (Å²) in [4.78, 5) is 2.54. The first-order valence-corrected chi connectivity index (χ1v) is 8.40. The molecule has 1 aromatic rings. The van der Waals surface area contributed by atoms with Crippen molar-refractivity contribution in [2.24, 2.45) is 5.92 Å². The molecule has 1 aliphatic rings. The van der Waals surface area contributed by atoms with Gasteiger partial charge in [0.25, 0.3) is 0 Å². The standard InChI is InChI=1S/C18H30N2O3/c1-14-5-8-20(9-6-14)10-7-19-13-15-11-17(22-3)18(23-4)12-16(15)21-2/h11-12,14,19H,5-10,13H2,1-4H3. The summed E-state index contributed by atoms with van der Waals surface area (Å²) < 4.78 is 16.1. The Labute approximate surface area is 139 Å².